The highest BCUT2D eigenvalue weighted by molar-refractivity contribution is 5.96. The molecule has 0 rings (SSSR count). The quantitative estimate of drug-likeness (QED) is 0.375. The maximum atomic E-state index is 10.4. The minimum absolute atomic E-state index is 0.213. The Labute approximate surface area is 57.0 Å². The standard InChI is InChI=1S/C5H7NO4/c7-3-6-2-4(8)1-5(9)10/h3H,1-2H2,(H,6,7)(H,9,10). The van der Waals surface area contributed by atoms with Gasteiger partial charge in [-0.05, 0) is 0 Å². The van der Waals surface area contributed by atoms with Gasteiger partial charge in [-0.3, -0.25) is 14.4 Å². The van der Waals surface area contributed by atoms with Crippen molar-refractivity contribution in [3.05, 3.63) is 0 Å². The van der Waals surface area contributed by atoms with E-state index in [2.05, 4.69) is 5.32 Å². The SMILES string of the molecule is O=CNCC(=O)CC(=O)O. The summed E-state index contributed by atoms with van der Waals surface area (Å²) in [4.78, 5) is 29.8. The number of hydrogen-bond acceptors (Lipinski definition) is 3. The minimum atomic E-state index is -1.18. The summed E-state index contributed by atoms with van der Waals surface area (Å²) in [5.74, 6) is -1.70. The van der Waals surface area contributed by atoms with Crippen molar-refractivity contribution in [2.45, 2.75) is 6.42 Å². The maximum absolute atomic E-state index is 10.4. The zero-order valence-corrected chi connectivity index (χ0v) is 5.16. The molecular formula is C5H7NO4. The summed E-state index contributed by atoms with van der Waals surface area (Å²) in [6, 6.07) is 0. The lowest BCUT2D eigenvalue weighted by Crippen LogP contribution is -2.23. The van der Waals surface area contributed by atoms with Crippen LogP contribution in [0.1, 0.15) is 6.42 Å². The van der Waals surface area contributed by atoms with Gasteiger partial charge >= 0.3 is 5.97 Å². The van der Waals surface area contributed by atoms with Gasteiger partial charge < -0.3 is 10.4 Å². The third kappa shape index (κ3) is 4.76. The average molecular weight is 145 g/mol. The lowest BCUT2D eigenvalue weighted by atomic mass is 10.3. The number of aliphatic carboxylic acids is 1. The van der Waals surface area contributed by atoms with Crippen molar-refractivity contribution in [3.63, 3.8) is 0 Å². The van der Waals surface area contributed by atoms with E-state index in [4.69, 9.17) is 5.11 Å². The highest BCUT2D eigenvalue weighted by Crippen LogP contribution is 1.79. The number of carboxylic acids is 1. The Bertz CT molecular complexity index is 154. The summed E-state index contributed by atoms with van der Waals surface area (Å²) in [5, 5.41) is 10.1. The Kier molecular flexibility index (Phi) is 3.86. The first kappa shape index (κ1) is 8.61. The molecule has 0 saturated heterocycles. The van der Waals surface area contributed by atoms with E-state index in [-0.39, 0.29) is 6.54 Å². The van der Waals surface area contributed by atoms with E-state index in [1.54, 1.807) is 0 Å². The highest BCUT2D eigenvalue weighted by Gasteiger charge is 2.05. The molecule has 5 heteroatoms. The molecule has 0 atom stereocenters. The molecule has 0 saturated carbocycles. The number of carbonyl (C=O) groups is 3. The van der Waals surface area contributed by atoms with Gasteiger partial charge in [0, 0.05) is 0 Å². The van der Waals surface area contributed by atoms with Crippen molar-refractivity contribution >= 4 is 18.2 Å². The normalized spacial score (nSPS) is 8.40. The van der Waals surface area contributed by atoms with E-state index < -0.39 is 18.2 Å². The monoisotopic (exact) mass is 145 g/mol. The highest BCUT2D eigenvalue weighted by atomic mass is 16.4. The molecule has 0 bridgehead atoms. The Morgan fingerprint density at radius 2 is 2.10 bits per heavy atom. The topological polar surface area (TPSA) is 83.5 Å². The van der Waals surface area contributed by atoms with Crippen molar-refractivity contribution in [1.82, 2.24) is 5.32 Å². The second-order valence-corrected chi connectivity index (χ2v) is 1.61. The van der Waals surface area contributed by atoms with Crippen LogP contribution in [0.2, 0.25) is 0 Å². The van der Waals surface area contributed by atoms with Crippen LogP contribution < -0.4 is 5.32 Å². The largest absolute Gasteiger partial charge is 0.481 e. The van der Waals surface area contributed by atoms with Crippen molar-refractivity contribution in [1.29, 1.82) is 0 Å². The molecule has 1 amide bonds. The van der Waals surface area contributed by atoms with Crippen LogP contribution in [0.4, 0.5) is 0 Å². The molecule has 0 aliphatic carbocycles. The molecule has 0 spiro atoms. The third-order valence-corrected chi connectivity index (χ3v) is 0.731. The second kappa shape index (κ2) is 4.49. The fourth-order valence-electron chi connectivity index (χ4n) is 0.387. The second-order valence-electron chi connectivity index (χ2n) is 1.61. The lowest BCUT2D eigenvalue weighted by Gasteiger charge is -1.93. The first-order valence-corrected chi connectivity index (χ1v) is 2.57. The molecule has 10 heavy (non-hydrogen) atoms. The van der Waals surface area contributed by atoms with Crippen LogP contribution in [0.15, 0.2) is 0 Å². The molecule has 0 aromatic heterocycles. The molecular weight excluding hydrogens is 138 g/mol. The Hall–Kier alpha value is -1.39. The molecule has 0 aromatic carbocycles. The van der Waals surface area contributed by atoms with Crippen LogP contribution in [-0.4, -0.2) is 29.8 Å². The number of carbonyl (C=O) groups excluding carboxylic acids is 2. The number of amides is 1. The summed E-state index contributed by atoms with van der Waals surface area (Å²) in [6.07, 6.45) is -0.194. The fourth-order valence-corrected chi connectivity index (χ4v) is 0.387. The van der Waals surface area contributed by atoms with Gasteiger partial charge in [-0.2, -0.15) is 0 Å². The van der Waals surface area contributed by atoms with Gasteiger partial charge in [0.2, 0.25) is 6.41 Å². The minimum Gasteiger partial charge on any atom is -0.481 e. The molecule has 0 unspecified atom stereocenters. The molecule has 0 aromatic rings. The fraction of sp³-hybridized carbons (Fsp3) is 0.400. The van der Waals surface area contributed by atoms with E-state index in [0.717, 1.165) is 0 Å². The Morgan fingerprint density at radius 3 is 2.50 bits per heavy atom. The van der Waals surface area contributed by atoms with E-state index in [1.165, 1.54) is 0 Å². The average Bonchev–Trinajstić information content (AvgIpc) is 1.82. The molecule has 5 nitrogen and oxygen atoms in total. The molecule has 0 aliphatic rings. The third-order valence-electron chi connectivity index (χ3n) is 0.731. The number of rotatable bonds is 5. The van der Waals surface area contributed by atoms with Gasteiger partial charge in [-0.1, -0.05) is 0 Å². The molecule has 0 radical (unpaired) electrons. The number of Topliss-reactive ketones (excluding diaryl/α,β-unsaturated/α-hetero) is 1. The summed E-state index contributed by atoms with van der Waals surface area (Å²) in [5.41, 5.74) is 0. The number of ketones is 1. The van der Waals surface area contributed by atoms with Gasteiger partial charge in [-0.15, -0.1) is 0 Å². The zero-order chi connectivity index (χ0) is 7.98. The number of carboxylic acid groups (broad SMARTS) is 1. The van der Waals surface area contributed by atoms with E-state index in [0.29, 0.717) is 6.41 Å². The van der Waals surface area contributed by atoms with Crippen LogP contribution in [-0.2, 0) is 14.4 Å². The first-order chi connectivity index (χ1) is 4.66. The van der Waals surface area contributed by atoms with Crippen molar-refractivity contribution < 1.29 is 19.5 Å². The van der Waals surface area contributed by atoms with Gasteiger partial charge in [-0.25, -0.2) is 0 Å². The van der Waals surface area contributed by atoms with Crippen LogP contribution >= 0.6 is 0 Å². The summed E-state index contributed by atoms with van der Waals surface area (Å²) < 4.78 is 0. The summed E-state index contributed by atoms with van der Waals surface area (Å²) in [7, 11) is 0. The summed E-state index contributed by atoms with van der Waals surface area (Å²) in [6.45, 7) is -0.213. The van der Waals surface area contributed by atoms with E-state index in [1.807, 2.05) is 0 Å². The summed E-state index contributed by atoms with van der Waals surface area (Å²) >= 11 is 0. The Morgan fingerprint density at radius 1 is 1.50 bits per heavy atom. The zero-order valence-electron chi connectivity index (χ0n) is 5.16. The van der Waals surface area contributed by atoms with E-state index >= 15 is 0 Å². The van der Waals surface area contributed by atoms with Crippen molar-refractivity contribution in [3.8, 4) is 0 Å². The lowest BCUT2D eigenvalue weighted by molar-refractivity contribution is -0.140. The van der Waals surface area contributed by atoms with Crippen LogP contribution in [0.25, 0.3) is 0 Å². The van der Waals surface area contributed by atoms with Crippen molar-refractivity contribution in [2.24, 2.45) is 0 Å². The van der Waals surface area contributed by atoms with E-state index in [9.17, 15) is 14.4 Å². The molecule has 0 heterocycles. The number of nitrogens with one attached hydrogen (secondary N) is 1. The predicted molar refractivity (Wildman–Crippen MR) is 31.3 cm³/mol. The van der Waals surface area contributed by atoms with Crippen molar-refractivity contribution in [2.75, 3.05) is 6.54 Å². The van der Waals surface area contributed by atoms with Gasteiger partial charge in [0.1, 0.15) is 6.42 Å². The van der Waals surface area contributed by atoms with Crippen LogP contribution in [0.5, 0.6) is 0 Å². The number of hydrogen-bond donors (Lipinski definition) is 2. The van der Waals surface area contributed by atoms with Gasteiger partial charge in [0.25, 0.3) is 0 Å². The maximum Gasteiger partial charge on any atom is 0.310 e. The van der Waals surface area contributed by atoms with Gasteiger partial charge in [0.05, 0.1) is 6.54 Å². The first-order valence-electron chi connectivity index (χ1n) is 2.57. The molecule has 2 N–H and O–H groups in total. The van der Waals surface area contributed by atoms with Crippen LogP contribution in [0, 0.1) is 0 Å². The molecule has 0 fully saturated rings. The van der Waals surface area contributed by atoms with Crippen LogP contribution in [0.3, 0.4) is 0 Å². The van der Waals surface area contributed by atoms with Gasteiger partial charge in [0.15, 0.2) is 5.78 Å². The molecule has 0 aliphatic heterocycles. The predicted octanol–water partition coefficient (Wildman–Crippen LogP) is -1.22. The Balaban J connectivity index is 3.43. The smallest absolute Gasteiger partial charge is 0.310 e. The molecule has 56 valence electrons.